The van der Waals surface area contributed by atoms with Gasteiger partial charge in [0.05, 0.1) is 12.6 Å². The summed E-state index contributed by atoms with van der Waals surface area (Å²) >= 11 is 0. The van der Waals surface area contributed by atoms with Crippen molar-refractivity contribution in [1.82, 2.24) is 10.4 Å². The summed E-state index contributed by atoms with van der Waals surface area (Å²) in [5, 5.41) is 4.31. The van der Waals surface area contributed by atoms with Crippen LogP contribution in [0.15, 0.2) is 18.2 Å². The van der Waals surface area contributed by atoms with E-state index in [1.165, 1.54) is 17.2 Å². The zero-order valence-corrected chi connectivity index (χ0v) is 19.4. The molecule has 1 atom stereocenters. The molecule has 1 aromatic rings. The predicted octanol–water partition coefficient (Wildman–Crippen LogP) is 4.41. The zero-order chi connectivity index (χ0) is 23.9. The van der Waals surface area contributed by atoms with Crippen LogP contribution in [0.1, 0.15) is 70.9 Å². The summed E-state index contributed by atoms with van der Waals surface area (Å²) in [4.78, 5) is 31.6. The SMILES string of the molecule is CC(C)(C)OC(=O)ON1C[C@@H](c2cc(F)cc(F)c2)NC(=O)C12CCC1(CCOCC1)CC2. The molecule has 7 nitrogen and oxygen atoms in total. The normalized spacial score (nSPS) is 25.0. The van der Waals surface area contributed by atoms with E-state index in [9.17, 15) is 18.4 Å². The third kappa shape index (κ3) is 5.14. The van der Waals surface area contributed by atoms with Crippen LogP contribution in [0.3, 0.4) is 0 Å². The third-order valence-corrected chi connectivity index (χ3v) is 7.11. The van der Waals surface area contributed by atoms with Gasteiger partial charge in [0.15, 0.2) is 0 Å². The first-order chi connectivity index (χ1) is 15.5. The Hall–Kier alpha value is -2.26. The topological polar surface area (TPSA) is 77.1 Å². The lowest BCUT2D eigenvalue weighted by Gasteiger charge is -2.53. The van der Waals surface area contributed by atoms with Crippen molar-refractivity contribution >= 4 is 12.1 Å². The van der Waals surface area contributed by atoms with Crippen molar-refractivity contribution in [3.8, 4) is 0 Å². The number of nitrogens with zero attached hydrogens (tertiary/aromatic N) is 1. The second kappa shape index (κ2) is 8.83. The lowest BCUT2D eigenvalue weighted by molar-refractivity contribution is -0.227. The quantitative estimate of drug-likeness (QED) is 0.651. The molecule has 3 aliphatic rings. The van der Waals surface area contributed by atoms with Crippen molar-refractivity contribution in [2.75, 3.05) is 19.8 Å². The van der Waals surface area contributed by atoms with E-state index in [0.29, 0.717) is 26.1 Å². The number of amides is 1. The van der Waals surface area contributed by atoms with Crippen LogP contribution in [0.5, 0.6) is 0 Å². The summed E-state index contributed by atoms with van der Waals surface area (Å²) < 4.78 is 38.5. The number of hydroxylamine groups is 2. The van der Waals surface area contributed by atoms with Gasteiger partial charge >= 0.3 is 6.16 Å². The average Bonchev–Trinajstić information content (AvgIpc) is 2.71. The van der Waals surface area contributed by atoms with Crippen molar-refractivity contribution in [1.29, 1.82) is 0 Å². The minimum absolute atomic E-state index is 0.0595. The van der Waals surface area contributed by atoms with Gasteiger partial charge < -0.3 is 19.6 Å². The van der Waals surface area contributed by atoms with Crippen molar-refractivity contribution in [2.45, 2.75) is 76.5 Å². The molecular formula is C24H32F2N2O5. The Morgan fingerprint density at radius 3 is 2.24 bits per heavy atom. The van der Waals surface area contributed by atoms with Crippen LogP contribution in [0, 0.1) is 17.0 Å². The summed E-state index contributed by atoms with van der Waals surface area (Å²) in [6, 6.07) is 2.39. The van der Waals surface area contributed by atoms with E-state index in [2.05, 4.69) is 5.32 Å². The van der Waals surface area contributed by atoms with E-state index in [0.717, 1.165) is 31.7 Å². The Morgan fingerprint density at radius 1 is 1.06 bits per heavy atom. The van der Waals surface area contributed by atoms with Crippen molar-refractivity contribution in [2.24, 2.45) is 5.41 Å². The first-order valence-electron chi connectivity index (χ1n) is 11.5. The maximum absolute atomic E-state index is 13.8. The van der Waals surface area contributed by atoms with E-state index in [1.54, 1.807) is 20.8 Å². The summed E-state index contributed by atoms with van der Waals surface area (Å²) in [5.74, 6) is -1.79. The molecule has 2 saturated heterocycles. The molecule has 33 heavy (non-hydrogen) atoms. The Bertz CT molecular complexity index is 880. The highest BCUT2D eigenvalue weighted by atomic mass is 19.1. The molecule has 2 spiro atoms. The second-order valence-electron chi connectivity index (χ2n) is 10.5. The molecule has 1 aliphatic carbocycles. The second-order valence-corrected chi connectivity index (χ2v) is 10.5. The number of ether oxygens (including phenoxy) is 2. The van der Waals surface area contributed by atoms with Crippen LogP contribution in [-0.2, 0) is 19.1 Å². The predicted molar refractivity (Wildman–Crippen MR) is 115 cm³/mol. The number of carbonyl (C=O) groups is 2. The first kappa shape index (κ1) is 23.9. The largest absolute Gasteiger partial charge is 0.528 e. The van der Waals surface area contributed by atoms with Gasteiger partial charge in [-0.15, -0.1) is 5.06 Å². The number of halogens is 2. The number of benzene rings is 1. The van der Waals surface area contributed by atoms with Crippen LogP contribution in [0.25, 0.3) is 0 Å². The van der Waals surface area contributed by atoms with E-state index in [4.69, 9.17) is 14.3 Å². The minimum Gasteiger partial charge on any atom is -0.427 e. The van der Waals surface area contributed by atoms with Gasteiger partial charge in [0.2, 0.25) is 5.91 Å². The molecule has 1 saturated carbocycles. The maximum Gasteiger partial charge on any atom is 0.528 e. The highest BCUT2D eigenvalue weighted by Gasteiger charge is 2.55. The molecule has 1 amide bonds. The van der Waals surface area contributed by atoms with E-state index in [1.807, 2.05) is 0 Å². The molecule has 2 heterocycles. The molecular weight excluding hydrogens is 434 g/mol. The van der Waals surface area contributed by atoms with Gasteiger partial charge in [-0.25, -0.2) is 13.6 Å². The minimum atomic E-state index is -1.05. The smallest absolute Gasteiger partial charge is 0.427 e. The fourth-order valence-electron chi connectivity index (χ4n) is 5.22. The molecule has 9 heteroatoms. The monoisotopic (exact) mass is 466 g/mol. The first-order valence-corrected chi connectivity index (χ1v) is 11.5. The van der Waals surface area contributed by atoms with Crippen LogP contribution in [0.2, 0.25) is 0 Å². The van der Waals surface area contributed by atoms with Crippen LogP contribution < -0.4 is 5.32 Å². The van der Waals surface area contributed by atoms with Crippen molar-refractivity contribution in [3.63, 3.8) is 0 Å². The van der Waals surface area contributed by atoms with Gasteiger partial charge in [-0.3, -0.25) is 4.79 Å². The molecule has 182 valence electrons. The molecule has 1 aromatic carbocycles. The molecule has 0 aromatic heterocycles. The maximum atomic E-state index is 13.8. The molecule has 3 fully saturated rings. The summed E-state index contributed by atoms with van der Waals surface area (Å²) in [5.41, 5.74) is -1.43. The number of hydrogen-bond acceptors (Lipinski definition) is 6. The van der Waals surface area contributed by atoms with Crippen molar-refractivity contribution < 1.29 is 32.7 Å². The number of hydrogen-bond donors (Lipinski definition) is 1. The van der Waals surface area contributed by atoms with Crippen LogP contribution >= 0.6 is 0 Å². The van der Waals surface area contributed by atoms with E-state index < -0.39 is 35.0 Å². The fourth-order valence-corrected chi connectivity index (χ4v) is 5.22. The molecule has 0 bridgehead atoms. The van der Waals surface area contributed by atoms with Gasteiger partial charge in [0.25, 0.3) is 0 Å². The van der Waals surface area contributed by atoms with E-state index in [-0.39, 0.29) is 23.4 Å². The van der Waals surface area contributed by atoms with Crippen molar-refractivity contribution in [3.05, 3.63) is 35.4 Å². The van der Waals surface area contributed by atoms with Crippen LogP contribution in [0.4, 0.5) is 13.6 Å². The third-order valence-electron chi connectivity index (χ3n) is 7.11. The highest BCUT2D eigenvalue weighted by molar-refractivity contribution is 5.87. The number of carbonyl (C=O) groups excluding carboxylic acids is 2. The Kier molecular flexibility index (Phi) is 6.39. The zero-order valence-electron chi connectivity index (χ0n) is 19.4. The van der Waals surface area contributed by atoms with Gasteiger partial charge in [0.1, 0.15) is 22.8 Å². The Morgan fingerprint density at radius 2 is 1.67 bits per heavy atom. The number of piperazine rings is 1. The van der Waals surface area contributed by atoms with Crippen LogP contribution in [-0.4, -0.2) is 48.0 Å². The molecule has 0 radical (unpaired) electrons. The van der Waals surface area contributed by atoms with E-state index >= 15 is 0 Å². The summed E-state index contributed by atoms with van der Waals surface area (Å²) in [6.07, 6.45) is 3.60. The fraction of sp³-hybridized carbons (Fsp3) is 0.667. The Labute approximate surface area is 192 Å². The lowest BCUT2D eigenvalue weighted by atomic mass is 9.63. The van der Waals surface area contributed by atoms with Gasteiger partial charge in [-0.1, -0.05) is 0 Å². The summed E-state index contributed by atoms with van der Waals surface area (Å²) in [6.45, 7) is 6.65. The average molecular weight is 467 g/mol. The van der Waals surface area contributed by atoms with Gasteiger partial charge in [-0.05, 0) is 82.4 Å². The van der Waals surface area contributed by atoms with Gasteiger partial charge in [-0.2, -0.15) is 0 Å². The molecule has 4 rings (SSSR count). The Balaban J connectivity index is 1.59. The highest BCUT2D eigenvalue weighted by Crippen LogP contribution is 2.50. The standard InChI is InChI=1S/C24H32F2N2O5/c1-22(2,3)32-21(30)33-28-15-19(16-12-17(25)14-18(26)13-16)27-20(29)24(28)6-4-23(5-7-24)8-10-31-11-9-23/h12-14,19H,4-11,15H2,1-3H3,(H,27,29)/t19-/m0/s1. The summed E-state index contributed by atoms with van der Waals surface area (Å²) in [7, 11) is 0. The van der Waals surface area contributed by atoms with Gasteiger partial charge in [0, 0.05) is 19.3 Å². The molecule has 1 N–H and O–H groups in total. The lowest BCUT2D eigenvalue weighted by Crippen LogP contribution is -2.67. The number of nitrogens with one attached hydrogen (secondary N) is 1. The number of rotatable bonds is 2. The molecule has 0 unspecified atom stereocenters. The molecule has 2 aliphatic heterocycles.